The molecule has 1 aromatic carbocycles. The van der Waals surface area contributed by atoms with Crippen molar-refractivity contribution in [2.45, 2.75) is 58.0 Å². The molecule has 0 bridgehead atoms. The Kier molecular flexibility index (Phi) is 6.04. The molecule has 6 nitrogen and oxygen atoms in total. The standard InChI is InChI=1S/C19H27N5O/c1-15(16-9-4-2-5-10-16)21-19(25)20-13-8-12-18-23-22-17-11-6-3-7-14-24(17)18/h2,4-5,9-10,15H,3,6-8,11-14H2,1H3,(H2,20,21,25)/t15-/m1/s1. The van der Waals surface area contributed by atoms with Gasteiger partial charge in [-0.25, -0.2) is 4.79 Å². The smallest absolute Gasteiger partial charge is 0.315 e. The Hall–Kier alpha value is -2.37. The topological polar surface area (TPSA) is 71.8 Å². The first-order valence-corrected chi connectivity index (χ1v) is 9.24. The van der Waals surface area contributed by atoms with Crippen molar-refractivity contribution in [1.29, 1.82) is 0 Å². The highest BCUT2D eigenvalue weighted by Crippen LogP contribution is 2.15. The van der Waals surface area contributed by atoms with Gasteiger partial charge in [-0.15, -0.1) is 10.2 Å². The number of carbonyl (C=O) groups excluding carboxylic acids is 1. The van der Waals surface area contributed by atoms with E-state index in [0.717, 1.165) is 43.0 Å². The molecule has 0 unspecified atom stereocenters. The predicted molar refractivity (Wildman–Crippen MR) is 97.3 cm³/mol. The zero-order valence-corrected chi connectivity index (χ0v) is 14.9. The lowest BCUT2D eigenvalue weighted by Crippen LogP contribution is -2.37. The van der Waals surface area contributed by atoms with E-state index in [1.807, 2.05) is 37.3 Å². The summed E-state index contributed by atoms with van der Waals surface area (Å²) in [5.74, 6) is 2.17. The molecule has 2 N–H and O–H groups in total. The number of hydrogen-bond donors (Lipinski definition) is 2. The number of carbonyl (C=O) groups is 1. The minimum absolute atomic E-state index is 0.00605. The number of aryl methyl sites for hydroxylation is 2. The third-order valence-electron chi connectivity index (χ3n) is 4.70. The zero-order chi connectivity index (χ0) is 17.5. The molecule has 1 atom stereocenters. The lowest BCUT2D eigenvalue weighted by Gasteiger charge is -2.15. The average molecular weight is 341 g/mol. The van der Waals surface area contributed by atoms with Crippen molar-refractivity contribution >= 4 is 6.03 Å². The zero-order valence-electron chi connectivity index (χ0n) is 14.9. The summed E-state index contributed by atoms with van der Waals surface area (Å²) in [5, 5.41) is 14.5. The second-order valence-electron chi connectivity index (χ2n) is 6.63. The number of hydrogen-bond acceptors (Lipinski definition) is 3. The number of aromatic nitrogens is 3. The monoisotopic (exact) mass is 341 g/mol. The van der Waals surface area contributed by atoms with E-state index in [1.54, 1.807) is 0 Å². The predicted octanol–water partition coefficient (Wildman–Crippen LogP) is 3.00. The molecule has 1 aromatic heterocycles. The van der Waals surface area contributed by atoms with Gasteiger partial charge in [-0.05, 0) is 31.7 Å². The van der Waals surface area contributed by atoms with Gasteiger partial charge >= 0.3 is 6.03 Å². The first-order chi connectivity index (χ1) is 12.2. The van der Waals surface area contributed by atoms with Gasteiger partial charge < -0.3 is 15.2 Å². The molecular weight excluding hydrogens is 314 g/mol. The molecular formula is C19H27N5O. The fourth-order valence-electron chi connectivity index (χ4n) is 3.25. The highest BCUT2D eigenvalue weighted by molar-refractivity contribution is 5.74. The fourth-order valence-corrected chi connectivity index (χ4v) is 3.25. The largest absolute Gasteiger partial charge is 0.338 e. The lowest BCUT2D eigenvalue weighted by atomic mass is 10.1. The van der Waals surface area contributed by atoms with Crippen LogP contribution in [0.25, 0.3) is 0 Å². The molecule has 1 aliphatic rings. The van der Waals surface area contributed by atoms with Gasteiger partial charge in [0, 0.05) is 25.9 Å². The van der Waals surface area contributed by atoms with Gasteiger partial charge in [0.05, 0.1) is 6.04 Å². The van der Waals surface area contributed by atoms with Gasteiger partial charge in [-0.2, -0.15) is 0 Å². The number of amides is 2. The Morgan fingerprint density at radius 3 is 2.88 bits per heavy atom. The molecule has 0 fully saturated rings. The maximum absolute atomic E-state index is 12.0. The number of urea groups is 1. The molecule has 0 saturated carbocycles. The van der Waals surface area contributed by atoms with Gasteiger partial charge in [0.25, 0.3) is 0 Å². The quantitative estimate of drug-likeness (QED) is 0.794. The van der Waals surface area contributed by atoms with Crippen molar-refractivity contribution in [3.63, 3.8) is 0 Å². The Labute approximate surface area is 149 Å². The van der Waals surface area contributed by atoms with E-state index in [-0.39, 0.29) is 12.1 Å². The third-order valence-corrected chi connectivity index (χ3v) is 4.70. The molecule has 0 spiro atoms. The molecule has 25 heavy (non-hydrogen) atoms. The van der Waals surface area contributed by atoms with E-state index in [2.05, 4.69) is 25.4 Å². The Morgan fingerprint density at radius 1 is 1.20 bits per heavy atom. The molecule has 2 aromatic rings. The minimum atomic E-state index is -0.128. The van der Waals surface area contributed by atoms with Crippen LogP contribution < -0.4 is 10.6 Å². The van der Waals surface area contributed by atoms with Crippen LogP contribution in [-0.2, 0) is 19.4 Å². The first kappa shape index (κ1) is 17.5. The van der Waals surface area contributed by atoms with Crippen LogP contribution in [0.5, 0.6) is 0 Å². The Morgan fingerprint density at radius 2 is 2.04 bits per heavy atom. The number of fused-ring (bicyclic) bond motifs is 1. The molecule has 3 rings (SSSR count). The van der Waals surface area contributed by atoms with Crippen molar-refractivity contribution in [3.8, 4) is 0 Å². The normalized spacial score (nSPS) is 15.1. The summed E-state index contributed by atoms with van der Waals surface area (Å²) in [7, 11) is 0. The molecule has 0 aliphatic carbocycles. The van der Waals surface area contributed by atoms with E-state index >= 15 is 0 Å². The Bertz CT molecular complexity index is 682. The SMILES string of the molecule is C[C@@H](NC(=O)NCCCc1nnc2n1CCCCC2)c1ccccc1. The van der Waals surface area contributed by atoms with Gasteiger partial charge in [0.2, 0.25) is 0 Å². The maximum atomic E-state index is 12.0. The fraction of sp³-hybridized carbons (Fsp3) is 0.526. The van der Waals surface area contributed by atoms with Gasteiger partial charge in [0.15, 0.2) is 0 Å². The van der Waals surface area contributed by atoms with Crippen LogP contribution in [0.4, 0.5) is 4.79 Å². The number of nitrogens with one attached hydrogen (secondary N) is 2. The van der Waals surface area contributed by atoms with Crippen LogP contribution >= 0.6 is 0 Å². The minimum Gasteiger partial charge on any atom is -0.338 e. The third kappa shape index (κ3) is 4.81. The van der Waals surface area contributed by atoms with Crippen molar-refractivity contribution in [1.82, 2.24) is 25.4 Å². The molecule has 1 aliphatic heterocycles. The van der Waals surface area contributed by atoms with Crippen LogP contribution in [0.1, 0.15) is 55.9 Å². The van der Waals surface area contributed by atoms with Crippen LogP contribution in [0.3, 0.4) is 0 Å². The highest BCUT2D eigenvalue weighted by atomic mass is 16.2. The molecule has 134 valence electrons. The summed E-state index contributed by atoms with van der Waals surface area (Å²) < 4.78 is 2.27. The molecule has 0 radical (unpaired) electrons. The number of nitrogens with zero attached hydrogens (tertiary/aromatic N) is 3. The van der Waals surface area contributed by atoms with Crippen LogP contribution in [0.2, 0.25) is 0 Å². The number of rotatable bonds is 6. The molecule has 0 saturated heterocycles. The van der Waals surface area contributed by atoms with Crippen LogP contribution in [-0.4, -0.2) is 27.3 Å². The van der Waals surface area contributed by atoms with Crippen molar-refractivity contribution in [2.24, 2.45) is 0 Å². The van der Waals surface area contributed by atoms with Crippen molar-refractivity contribution in [2.75, 3.05) is 6.54 Å². The van der Waals surface area contributed by atoms with Crippen LogP contribution in [0.15, 0.2) is 30.3 Å². The number of benzene rings is 1. The van der Waals surface area contributed by atoms with Crippen LogP contribution in [0, 0.1) is 0 Å². The molecule has 6 heteroatoms. The lowest BCUT2D eigenvalue weighted by molar-refractivity contribution is 0.238. The van der Waals surface area contributed by atoms with Gasteiger partial charge in [-0.1, -0.05) is 36.8 Å². The summed E-state index contributed by atoms with van der Waals surface area (Å²) in [6, 6.07) is 9.83. The average Bonchev–Trinajstić information content (AvgIpc) is 2.86. The van der Waals surface area contributed by atoms with E-state index in [9.17, 15) is 4.79 Å². The van der Waals surface area contributed by atoms with E-state index in [1.165, 1.54) is 19.3 Å². The summed E-state index contributed by atoms with van der Waals surface area (Å²) in [6.45, 7) is 3.65. The van der Waals surface area contributed by atoms with Gasteiger partial charge in [0.1, 0.15) is 11.6 Å². The summed E-state index contributed by atoms with van der Waals surface area (Å²) in [6.07, 6.45) is 6.43. The van der Waals surface area contributed by atoms with E-state index < -0.39 is 0 Å². The van der Waals surface area contributed by atoms with Crippen molar-refractivity contribution in [3.05, 3.63) is 47.5 Å². The van der Waals surface area contributed by atoms with Gasteiger partial charge in [-0.3, -0.25) is 0 Å². The second kappa shape index (κ2) is 8.65. The van der Waals surface area contributed by atoms with E-state index in [4.69, 9.17) is 0 Å². The van der Waals surface area contributed by atoms with Crippen molar-refractivity contribution < 1.29 is 4.79 Å². The molecule has 2 heterocycles. The second-order valence-corrected chi connectivity index (χ2v) is 6.63. The summed E-state index contributed by atoms with van der Waals surface area (Å²) in [4.78, 5) is 12.0. The summed E-state index contributed by atoms with van der Waals surface area (Å²) in [5.41, 5.74) is 1.10. The van der Waals surface area contributed by atoms with E-state index in [0.29, 0.717) is 6.54 Å². The molecule has 2 amide bonds. The maximum Gasteiger partial charge on any atom is 0.315 e. The first-order valence-electron chi connectivity index (χ1n) is 9.24. The Balaban J connectivity index is 1.40. The summed E-state index contributed by atoms with van der Waals surface area (Å²) >= 11 is 0. The highest BCUT2D eigenvalue weighted by Gasteiger charge is 2.14.